The van der Waals surface area contributed by atoms with Gasteiger partial charge in [-0.1, -0.05) is 43.7 Å². The lowest BCUT2D eigenvalue weighted by Gasteiger charge is -2.30. The zero-order chi connectivity index (χ0) is 25.5. The van der Waals surface area contributed by atoms with Gasteiger partial charge in [0.15, 0.2) is 5.75 Å². The Balaban J connectivity index is 2.21. The average Bonchev–Trinajstić information content (AvgIpc) is 2.83. The van der Waals surface area contributed by atoms with E-state index in [0.717, 1.165) is 6.42 Å². The zero-order valence-electron chi connectivity index (χ0n) is 20.1. The zero-order valence-corrected chi connectivity index (χ0v) is 20.1. The average molecular weight is 484 g/mol. The van der Waals surface area contributed by atoms with Gasteiger partial charge in [-0.2, -0.15) is 0 Å². The van der Waals surface area contributed by atoms with E-state index in [1.54, 1.807) is 38.1 Å². The van der Waals surface area contributed by atoms with Crippen LogP contribution in [0.2, 0.25) is 0 Å². The maximum atomic E-state index is 13.2. The quantitative estimate of drug-likeness (QED) is 0.220. The number of nitro benzene ring substituents is 1. The van der Waals surface area contributed by atoms with E-state index in [1.807, 2.05) is 13.0 Å². The van der Waals surface area contributed by atoms with Crippen LogP contribution in [0.4, 0.5) is 10.5 Å². The first kappa shape index (κ1) is 25.5. The van der Waals surface area contributed by atoms with Crippen molar-refractivity contribution in [1.29, 1.82) is 0 Å². The molecule has 0 bridgehead atoms. The first-order valence-electron chi connectivity index (χ1n) is 11.3. The number of nitro groups is 1. The van der Waals surface area contributed by atoms with Crippen LogP contribution in [-0.4, -0.2) is 36.7 Å². The van der Waals surface area contributed by atoms with Crippen molar-refractivity contribution in [3.05, 3.63) is 69.3 Å². The number of methoxy groups -OCH3 is 1. The molecule has 0 fully saturated rings. The van der Waals surface area contributed by atoms with Gasteiger partial charge in [-0.15, -0.1) is 0 Å². The van der Waals surface area contributed by atoms with Gasteiger partial charge in [-0.3, -0.25) is 10.1 Å². The lowest BCUT2D eigenvalue weighted by atomic mass is 9.92. The molecule has 0 aliphatic carbocycles. The minimum absolute atomic E-state index is 0.00599. The van der Waals surface area contributed by atoms with Crippen molar-refractivity contribution in [3.8, 4) is 11.5 Å². The monoisotopic (exact) mass is 483 g/mol. The number of rotatable bonds is 10. The van der Waals surface area contributed by atoms with Gasteiger partial charge < -0.3 is 24.8 Å². The number of nitrogens with one attached hydrogen (secondary N) is 2. The lowest BCUT2D eigenvalue weighted by Crippen LogP contribution is -2.45. The maximum absolute atomic E-state index is 13.2. The predicted molar refractivity (Wildman–Crippen MR) is 129 cm³/mol. The SMILES string of the molecule is CCCCOc1c(OC)cc(C2NC(=O)NC(c3ccccc3)=C2C(=O)OC(C)C)cc1[N+](=O)[O-]. The largest absolute Gasteiger partial charge is 0.493 e. The molecule has 35 heavy (non-hydrogen) atoms. The van der Waals surface area contributed by atoms with Crippen molar-refractivity contribution >= 4 is 23.4 Å². The predicted octanol–water partition coefficient (Wildman–Crippen LogP) is 4.50. The number of esters is 1. The summed E-state index contributed by atoms with van der Waals surface area (Å²) in [7, 11) is 1.37. The molecule has 1 aliphatic rings. The van der Waals surface area contributed by atoms with Crippen LogP contribution >= 0.6 is 0 Å². The Morgan fingerprint density at radius 2 is 1.91 bits per heavy atom. The fraction of sp³-hybridized carbons (Fsp3) is 0.360. The molecule has 0 aromatic heterocycles. The highest BCUT2D eigenvalue weighted by Crippen LogP contribution is 2.42. The molecule has 0 saturated carbocycles. The Bertz CT molecular complexity index is 1130. The van der Waals surface area contributed by atoms with E-state index in [0.29, 0.717) is 12.0 Å². The first-order valence-corrected chi connectivity index (χ1v) is 11.3. The number of nitrogens with zero attached hydrogens (tertiary/aromatic N) is 1. The summed E-state index contributed by atoms with van der Waals surface area (Å²) in [6.07, 6.45) is 1.13. The molecular weight excluding hydrogens is 454 g/mol. The smallest absolute Gasteiger partial charge is 0.338 e. The molecule has 1 atom stereocenters. The Morgan fingerprint density at radius 1 is 1.20 bits per heavy atom. The standard InChI is InChI=1S/C25H29N3O7/c1-5-6-12-34-23-18(28(31)32)13-17(14-19(23)33-4)22-20(24(29)35-15(2)3)21(26-25(30)27-22)16-10-8-7-9-11-16/h7-11,13-15,22H,5-6,12H2,1-4H3,(H2,26,27,30). The van der Waals surface area contributed by atoms with E-state index in [2.05, 4.69) is 10.6 Å². The van der Waals surface area contributed by atoms with E-state index in [-0.39, 0.29) is 40.6 Å². The van der Waals surface area contributed by atoms with Crippen LogP contribution in [0.5, 0.6) is 11.5 Å². The minimum Gasteiger partial charge on any atom is -0.493 e. The van der Waals surface area contributed by atoms with Gasteiger partial charge >= 0.3 is 17.7 Å². The first-order chi connectivity index (χ1) is 16.8. The van der Waals surface area contributed by atoms with E-state index >= 15 is 0 Å². The number of unbranched alkanes of at least 4 members (excludes halogenated alkanes) is 1. The second-order valence-corrected chi connectivity index (χ2v) is 8.17. The van der Waals surface area contributed by atoms with E-state index < -0.39 is 29.1 Å². The molecule has 3 rings (SSSR count). The summed E-state index contributed by atoms with van der Waals surface area (Å²) in [5.74, 6) is -0.550. The number of hydrogen-bond acceptors (Lipinski definition) is 7. The Kier molecular flexibility index (Phi) is 8.30. The van der Waals surface area contributed by atoms with Gasteiger partial charge in [0.05, 0.1) is 42.1 Å². The van der Waals surface area contributed by atoms with E-state index in [1.165, 1.54) is 19.2 Å². The molecule has 2 aromatic rings. The van der Waals surface area contributed by atoms with E-state index in [9.17, 15) is 19.7 Å². The maximum Gasteiger partial charge on any atom is 0.338 e. The van der Waals surface area contributed by atoms with Gasteiger partial charge in [0.1, 0.15) is 0 Å². The van der Waals surface area contributed by atoms with Crippen LogP contribution in [0.25, 0.3) is 5.70 Å². The highest BCUT2D eigenvalue weighted by atomic mass is 16.6. The van der Waals surface area contributed by atoms with Crippen molar-refractivity contribution in [3.63, 3.8) is 0 Å². The van der Waals surface area contributed by atoms with Crippen molar-refractivity contribution in [2.75, 3.05) is 13.7 Å². The lowest BCUT2D eigenvalue weighted by molar-refractivity contribution is -0.386. The molecular formula is C25H29N3O7. The Labute approximate surface area is 203 Å². The Morgan fingerprint density at radius 3 is 2.51 bits per heavy atom. The number of urea groups is 1. The summed E-state index contributed by atoms with van der Waals surface area (Å²) in [4.78, 5) is 37.2. The molecule has 2 aromatic carbocycles. The summed E-state index contributed by atoms with van der Waals surface area (Å²) < 4.78 is 16.6. The fourth-order valence-corrected chi connectivity index (χ4v) is 3.67. The van der Waals surface area contributed by atoms with Crippen LogP contribution in [0.3, 0.4) is 0 Å². The van der Waals surface area contributed by atoms with Crippen molar-refractivity contribution in [2.24, 2.45) is 0 Å². The third kappa shape index (κ3) is 5.89. The van der Waals surface area contributed by atoms with Crippen molar-refractivity contribution in [2.45, 2.75) is 45.8 Å². The molecule has 1 unspecified atom stereocenters. The van der Waals surface area contributed by atoms with Crippen LogP contribution in [0, 0.1) is 10.1 Å². The third-order valence-corrected chi connectivity index (χ3v) is 5.25. The van der Waals surface area contributed by atoms with Crippen molar-refractivity contribution < 1.29 is 28.7 Å². The normalized spacial score (nSPS) is 15.3. The van der Waals surface area contributed by atoms with Gasteiger partial charge in [-0.25, -0.2) is 9.59 Å². The van der Waals surface area contributed by atoms with Crippen LogP contribution < -0.4 is 20.1 Å². The summed E-state index contributed by atoms with van der Waals surface area (Å²) in [5.41, 5.74) is 0.899. The molecule has 0 saturated heterocycles. The number of carbonyl (C=O) groups excluding carboxylic acids is 2. The van der Waals surface area contributed by atoms with Gasteiger partial charge in [0, 0.05) is 6.07 Å². The molecule has 10 nitrogen and oxygen atoms in total. The number of hydrogen-bond donors (Lipinski definition) is 2. The third-order valence-electron chi connectivity index (χ3n) is 5.25. The highest BCUT2D eigenvalue weighted by molar-refractivity contribution is 6.04. The van der Waals surface area contributed by atoms with Crippen molar-refractivity contribution in [1.82, 2.24) is 10.6 Å². The minimum atomic E-state index is -1.04. The topological polar surface area (TPSA) is 129 Å². The molecule has 0 spiro atoms. The molecule has 0 radical (unpaired) electrons. The second-order valence-electron chi connectivity index (χ2n) is 8.17. The van der Waals surface area contributed by atoms with Crippen LogP contribution in [0.1, 0.15) is 50.8 Å². The molecule has 10 heteroatoms. The Hall–Kier alpha value is -4.08. The van der Waals surface area contributed by atoms with Gasteiger partial charge in [0.2, 0.25) is 5.75 Å². The summed E-state index contributed by atoms with van der Waals surface area (Å²) >= 11 is 0. The van der Waals surface area contributed by atoms with Gasteiger partial charge in [-0.05, 0) is 37.5 Å². The van der Waals surface area contributed by atoms with E-state index in [4.69, 9.17) is 14.2 Å². The number of carbonyl (C=O) groups is 2. The van der Waals surface area contributed by atoms with Gasteiger partial charge in [0.25, 0.3) is 0 Å². The molecule has 2 amide bonds. The number of amides is 2. The number of ether oxygens (including phenoxy) is 3. The summed E-state index contributed by atoms with van der Waals surface area (Å²) in [6.45, 7) is 5.68. The number of benzene rings is 2. The molecule has 2 N–H and O–H groups in total. The van der Waals surface area contributed by atoms with Crippen LogP contribution in [0.15, 0.2) is 48.0 Å². The van der Waals surface area contributed by atoms with Crippen LogP contribution in [-0.2, 0) is 9.53 Å². The summed E-state index contributed by atoms with van der Waals surface area (Å²) in [5, 5.41) is 17.3. The molecule has 1 heterocycles. The summed E-state index contributed by atoms with van der Waals surface area (Å²) in [6, 6.07) is 10.0. The second kappa shape index (κ2) is 11.4. The highest BCUT2D eigenvalue weighted by Gasteiger charge is 2.37. The molecule has 1 aliphatic heterocycles. The molecule has 186 valence electrons. The fourth-order valence-electron chi connectivity index (χ4n) is 3.67.